The molecule has 6 aromatic carbocycles. The first-order valence-electron chi connectivity index (χ1n) is 15.7. The Kier molecular flexibility index (Phi) is 8.08. The van der Waals surface area contributed by atoms with E-state index in [0.717, 1.165) is 18.2 Å². The van der Waals surface area contributed by atoms with E-state index in [1.807, 2.05) is 0 Å². The second-order valence-electron chi connectivity index (χ2n) is 12.0. The molecule has 0 amide bonds. The Labute approximate surface area is 258 Å². The van der Waals surface area contributed by atoms with Gasteiger partial charge in [-0.1, -0.05) is 0 Å². The second-order valence-corrected chi connectivity index (χ2v) is 20.2. The van der Waals surface area contributed by atoms with E-state index in [9.17, 15) is 0 Å². The molecule has 0 atom stereocenters. The van der Waals surface area contributed by atoms with Crippen molar-refractivity contribution >= 4 is 46.4 Å². The van der Waals surface area contributed by atoms with E-state index in [0.29, 0.717) is 0 Å². The molecule has 1 aliphatic rings. The summed E-state index contributed by atoms with van der Waals surface area (Å²) in [5.41, 5.74) is 2.20. The van der Waals surface area contributed by atoms with Gasteiger partial charge in [0.25, 0.3) is 0 Å². The maximum absolute atomic E-state index is 2.50. The number of hydrogen-bond donors (Lipinski definition) is 0. The number of hydrogen-bond acceptors (Lipinski definition) is 0. The van der Waals surface area contributed by atoms with Crippen molar-refractivity contribution in [1.29, 1.82) is 0 Å². The summed E-state index contributed by atoms with van der Waals surface area (Å²) in [5, 5.41) is 9.08. The summed E-state index contributed by atoms with van der Waals surface area (Å²) in [4.78, 5) is 0. The predicted molar refractivity (Wildman–Crippen MR) is 195 cm³/mol. The van der Waals surface area contributed by atoms with Crippen molar-refractivity contribution in [1.82, 2.24) is 0 Å². The van der Waals surface area contributed by atoms with Crippen LogP contribution in [0.1, 0.15) is 18.4 Å². The van der Waals surface area contributed by atoms with Gasteiger partial charge in [-0.15, -0.1) is 0 Å². The van der Waals surface area contributed by atoms with Gasteiger partial charge >= 0.3 is 259 Å². The van der Waals surface area contributed by atoms with Gasteiger partial charge in [0, 0.05) is 0 Å². The van der Waals surface area contributed by atoms with Gasteiger partial charge in [0.2, 0.25) is 0 Å². The third kappa shape index (κ3) is 5.29. The van der Waals surface area contributed by atoms with Crippen LogP contribution in [0.5, 0.6) is 0 Å². The third-order valence-corrected chi connectivity index (χ3v) is 20.1. The molecular formula is C41H40P2. The normalized spacial score (nSPS) is 14.2. The van der Waals surface area contributed by atoms with Crippen molar-refractivity contribution in [2.75, 3.05) is 6.16 Å². The molecule has 0 nitrogen and oxygen atoms in total. The SMILES string of the molecule is c1ccc([PH](CCc2ccc([PH](c3ccccc3)(c3ccccc3)C3CC3)cc2)(c2ccccc2)c2ccccc2)cc1. The molecule has 7 rings (SSSR count). The van der Waals surface area contributed by atoms with E-state index in [4.69, 9.17) is 0 Å². The number of aryl methyl sites for hydroxylation is 1. The van der Waals surface area contributed by atoms with Gasteiger partial charge in [0.15, 0.2) is 0 Å². The minimum absolute atomic E-state index is 0.762. The summed E-state index contributed by atoms with van der Waals surface area (Å²) in [7, 11) is -4.38. The van der Waals surface area contributed by atoms with Crippen molar-refractivity contribution in [2.45, 2.75) is 24.9 Å². The molecular weight excluding hydrogens is 554 g/mol. The Morgan fingerprint density at radius 3 is 1.05 bits per heavy atom. The molecule has 1 saturated carbocycles. The van der Waals surface area contributed by atoms with Crippen LogP contribution in [0.3, 0.4) is 0 Å². The monoisotopic (exact) mass is 594 g/mol. The fourth-order valence-corrected chi connectivity index (χ4v) is 17.9. The Bertz CT molecular complexity index is 1590. The Balaban J connectivity index is 1.29. The minimum atomic E-state index is -2.26. The fraction of sp³-hybridized carbons (Fsp3) is 0.122. The Morgan fingerprint density at radius 1 is 0.372 bits per heavy atom. The molecule has 43 heavy (non-hydrogen) atoms. The summed E-state index contributed by atoms with van der Waals surface area (Å²) >= 11 is 0. The van der Waals surface area contributed by atoms with Gasteiger partial charge < -0.3 is 0 Å². The zero-order valence-electron chi connectivity index (χ0n) is 24.6. The molecule has 0 aliphatic heterocycles. The van der Waals surface area contributed by atoms with E-state index >= 15 is 0 Å². The van der Waals surface area contributed by atoms with Crippen LogP contribution in [0.15, 0.2) is 176 Å². The third-order valence-electron chi connectivity index (χ3n) is 9.65. The summed E-state index contributed by atoms with van der Waals surface area (Å²) in [6.07, 6.45) is 4.85. The summed E-state index contributed by atoms with van der Waals surface area (Å²) < 4.78 is 0. The summed E-state index contributed by atoms with van der Waals surface area (Å²) in [6, 6.07) is 66.6. The molecule has 0 heterocycles. The van der Waals surface area contributed by atoms with Gasteiger partial charge in [-0.25, -0.2) is 0 Å². The molecule has 0 spiro atoms. The van der Waals surface area contributed by atoms with Crippen LogP contribution >= 0.6 is 14.5 Å². The van der Waals surface area contributed by atoms with Gasteiger partial charge in [0.1, 0.15) is 0 Å². The second kappa shape index (κ2) is 12.4. The van der Waals surface area contributed by atoms with Gasteiger partial charge in [-0.2, -0.15) is 0 Å². The summed E-state index contributed by atoms with van der Waals surface area (Å²) in [5.74, 6) is 0. The Hall–Kier alpha value is -3.82. The molecule has 6 aromatic rings. The number of rotatable bonds is 10. The van der Waals surface area contributed by atoms with Gasteiger partial charge in [-0.3, -0.25) is 0 Å². The molecule has 0 aromatic heterocycles. The van der Waals surface area contributed by atoms with Crippen LogP contribution in [-0.2, 0) is 6.42 Å². The van der Waals surface area contributed by atoms with Crippen LogP contribution < -0.4 is 31.8 Å². The van der Waals surface area contributed by atoms with E-state index in [-0.39, 0.29) is 0 Å². The van der Waals surface area contributed by atoms with Crippen molar-refractivity contribution < 1.29 is 0 Å². The molecule has 0 radical (unpaired) electrons. The average molecular weight is 595 g/mol. The predicted octanol–water partition coefficient (Wildman–Crippen LogP) is 7.14. The first kappa shape index (κ1) is 28.0. The van der Waals surface area contributed by atoms with Crippen molar-refractivity contribution in [3.8, 4) is 0 Å². The van der Waals surface area contributed by atoms with Crippen LogP contribution in [0.4, 0.5) is 0 Å². The van der Waals surface area contributed by atoms with Crippen LogP contribution in [0.2, 0.25) is 0 Å². The van der Waals surface area contributed by atoms with Gasteiger partial charge in [-0.05, 0) is 0 Å². The van der Waals surface area contributed by atoms with Crippen molar-refractivity contribution in [2.24, 2.45) is 0 Å². The molecule has 214 valence electrons. The first-order chi connectivity index (χ1) is 21.3. The van der Waals surface area contributed by atoms with Crippen LogP contribution in [0, 0.1) is 0 Å². The topological polar surface area (TPSA) is 0 Å². The standard InChI is InChI=1S/C41H40P2/c1-6-16-35(17-7-1)42(36-18-8-2-9-19-36,37-20-10-3-11-21-37)33-32-34-26-28-40(29-27-34)43(41-30-31-41,38-22-12-4-13-23-38)39-24-14-5-15-25-39/h1-29,41-43H,30-33H2. The molecule has 2 heteroatoms. The first-order valence-corrected chi connectivity index (χ1v) is 20.0. The zero-order chi connectivity index (χ0) is 29.0. The van der Waals surface area contributed by atoms with E-state index in [2.05, 4.69) is 176 Å². The molecule has 1 fully saturated rings. The molecule has 0 bridgehead atoms. The van der Waals surface area contributed by atoms with Crippen molar-refractivity contribution in [3.05, 3.63) is 181 Å². The average Bonchev–Trinajstić information content (AvgIpc) is 3.95. The molecule has 1 aliphatic carbocycles. The quantitative estimate of drug-likeness (QED) is 0.148. The fourth-order valence-electron chi connectivity index (χ4n) is 7.49. The Morgan fingerprint density at radius 2 is 0.698 bits per heavy atom. The van der Waals surface area contributed by atoms with Crippen LogP contribution in [0.25, 0.3) is 0 Å². The van der Waals surface area contributed by atoms with E-state index in [1.165, 1.54) is 34.3 Å². The molecule has 0 unspecified atom stereocenters. The molecule has 0 saturated heterocycles. The van der Waals surface area contributed by atoms with Gasteiger partial charge in [0.05, 0.1) is 0 Å². The van der Waals surface area contributed by atoms with E-state index in [1.54, 1.807) is 15.9 Å². The van der Waals surface area contributed by atoms with E-state index < -0.39 is 14.5 Å². The van der Waals surface area contributed by atoms with Crippen molar-refractivity contribution in [3.63, 3.8) is 0 Å². The zero-order valence-corrected chi connectivity index (χ0v) is 26.6. The van der Waals surface area contributed by atoms with Crippen LogP contribution in [-0.4, -0.2) is 11.8 Å². The summed E-state index contributed by atoms with van der Waals surface area (Å²) in [6.45, 7) is 0. The number of benzene rings is 6. The maximum atomic E-state index is 2.50. The molecule has 0 N–H and O–H groups in total.